The first-order valence-electron chi connectivity index (χ1n) is 5.27. The molecular formula is C8H12N4O7. The predicted molar refractivity (Wildman–Crippen MR) is 56.2 cm³/mol. The first kappa shape index (κ1) is 13.6. The van der Waals surface area contributed by atoms with Gasteiger partial charge in [-0.25, -0.2) is 0 Å². The Morgan fingerprint density at radius 2 is 2.21 bits per heavy atom. The molecule has 11 heteroatoms. The van der Waals surface area contributed by atoms with Crippen LogP contribution in [0.15, 0.2) is 0 Å². The van der Waals surface area contributed by atoms with Crippen LogP contribution in [0.25, 0.3) is 0 Å². The number of nitro groups is 1. The Kier molecular flexibility index (Phi) is 3.61. The highest BCUT2D eigenvalue weighted by Crippen LogP contribution is 2.31. The van der Waals surface area contributed by atoms with E-state index in [4.69, 9.17) is 14.6 Å². The minimum Gasteiger partial charge on any atom is -0.454 e. The van der Waals surface area contributed by atoms with E-state index in [9.17, 15) is 20.3 Å². The molecule has 0 aliphatic carbocycles. The van der Waals surface area contributed by atoms with Gasteiger partial charge in [0.2, 0.25) is 0 Å². The van der Waals surface area contributed by atoms with Crippen LogP contribution in [-0.2, 0) is 4.74 Å². The zero-order valence-corrected chi connectivity index (χ0v) is 9.78. The molecule has 0 radical (unpaired) electrons. The van der Waals surface area contributed by atoms with Crippen molar-refractivity contribution in [2.24, 2.45) is 0 Å². The molecule has 0 amide bonds. The van der Waals surface area contributed by atoms with E-state index in [1.807, 2.05) is 0 Å². The molecule has 0 bridgehead atoms. The minimum atomic E-state index is -1.42. The number of aliphatic hydroxyl groups is 3. The Bertz CT molecular complexity index is 478. The summed E-state index contributed by atoms with van der Waals surface area (Å²) in [6, 6.07) is -0.249. The zero-order chi connectivity index (χ0) is 14.2. The third-order valence-corrected chi connectivity index (χ3v) is 2.69. The number of aliphatic hydroxyl groups excluding tert-OH is 3. The summed E-state index contributed by atoms with van der Waals surface area (Å²) in [7, 11) is 1.21. The number of nitrogens with zero attached hydrogens (tertiary/aromatic N) is 4. The van der Waals surface area contributed by atoms with E-state index in [0.29, 0.717) is 0 Å². The number of hydrogen-bond acceptors (Lipinski definition) is 9. The van der Waals surface area contributed by atoms with Crippen LogP contribution in [-0.4, -0.2) is 67.0 Å². The fraction of sp³-hybridized carbons (Fsp3) is 0.750. The van der Waals surface area contributed by atoms with Gasteiger partial charge in [-0.1, -0.05) is 0 Å². The van der Waals surface area contributed by atoms with Crippen molar-refractivity contribution >= 4 is 5.95 Å². The second kappa shape index (κ2) is 5.05. The molecule has 0 aromatic carbocycles. The highest BCUT2D eigenvalue weighted by molar-refractivity contribution is 5.10. The molecule has 1 aromatic rings. The fourth-order valence-corrected chi connectivity index (χ4v) is 1.76. The number of rotatable bonds is 4. The lowest BCUT2D eigenvalue weighted by atomic mass is 10.1. The lowest BCUT2D eigenvalue weighted by molar-refractivity contribution is -0.394. The van der Waals surface area contributed by atoms with E-state index in [0.717, 1.165) is 4.68 Å². The number of ether oxygens (including phenoxy) is 2. The topological polar surface area (TPSA) is 153 Å². The van der Waals surface area contributed by atoms with Gasteiger partial charge in [-0.05, 0) is 9.91 Å². The predicted octanol–water partition coefficient (Wildman–Crippen LogP) is -2.19. The Morgan fingerprint density at radius 3 is 2.68 bits per heavy atom. The molecule has 2 heterocycles. The summed E-state index contributed by atoms with van der Waals surface area (Å²) < 4.78 is 10.8. The Labute approximate surface area is 106 Å². The molecule has 3 N–H and O–H groups in total. The van der Waals surface area contributed by atoms with Gasteiger partial charge in [0, 0.05) is 5.10 Å². The third kappa shape index (κ3) is 2.23. The lowest BCUT2D eigenvalue weighted by Crippen LogP contribution is -2.33. The SMILES string of the molecule is COc1nc([N+](=O)[O-])nn1[C@@H]1O[C@H](CO)[C@@H](O)[C@H]1O. The normalized spacial score (nSPS) is 30.5. The molecule has 0 saturated carbocycles. The van der Waals surface area contributed by atoms with Crippen molar-refractivity contribution in [1.29, 1.82) is 0 Å². The quantitative estimate of drug-likeness (QED) is 0.410. The minimum absolute atomic E-state index is 0.249. The maximum absolute atomic E-state index is 10.6. The summed E-state index contributed by atoms with van der Waals surface area (Å²) in [6.07, 6.45) is -5.02. The van der Waals surface area contributed by atoms with Crippen molar-refractivity contribution in [3.05, 3.63) is 10.1 Å². The van der Waals surface area contributed by atoms with Crippen molar-refractivity contribution < 1.29 is 29.7 Å². The summed E-state index contributed by atoms with van der Waals surface area (Å²) in [6.45, 7) is -0.520. The summed E-state index contributed by atoms with van der Waals surface area (Å²) in [5, 5.41) is 42.4. The van der Waals surface area contributed by atoms with Crippen molar-refractivity contribution in [2.45, 2.75) is 24.5 Å². The molecule has 4 atom stereocenters. The molecule has 0 unspecified atom stereocenters. The van der Waals surface area contributed by atoms with Gasteiger partial charge in [0.05, 0.1) is 13.7 Å². The van der Waals surface area contributed by atoms with Gasteiger partial charge < -0.3 is 34.9 Å². The van der Waals surface area contributed by atoms with Gasteiger partial charge >= 0.3 is 12.0 Å². The summed E-state index contributed by atoms with van der Waals surface area (Å²) in [5.41, 5.74) is 0. The highest BCUT2D eigenvalue weighted by Gasteiger charge is 2.47. The van der Waals surface area contributed by atoms with Crippen LogP contribution in [0.1, 0.15) is 6.23 Å². The molecule has 1 aliphatic rings. The van der Waals surface area contributed by atoms with Crippen LogP contribution in [0.5, 0.6) is 6.01 Å². The lowest BCUT2D eigenvalue weighted by Gasteiger charge is -2.12. The van der Waals surface area contributed by atoms with Gasteiger partial charge in [0.1, 0.15) is 18.3 Å². The van der Waals surface area contributed by atoms with E-state index in [1.165, 1.54) is 7.11 Å². The first-order chi connectivity index (χ1) is 8.99. The van der Waals surface area contributed by atoms with Gasteiger partial charge in [-0.15, -0.1) is 4.68 Å². The maximum Gasteiger partial charge on any atom is 0.494 e. The highest BCUT2D eigenvalue weighted by atomic mass is 16.6. The van der Waals surface area contributed by atoms with Crippen molar-refractivity contribution in [3.8, 4) is 6.01 Å². The second-order valence-corrected chi connectivity index (χ2v) is 3.83. The maximum atomic E-state index is 10.6. The van der Waals surface area contributed by atoms with Crippen LogP contribution in [0.4, 0.5) is 5.95 Å². The number of aromatic nitrogens is 3. The summed E-state index contributed by atoms with van der Waals surface area (Å²) in [4.78, 5) is 13.2. The van der Waals surface area contributed by atoms with E-state index in [-0.39, 0.29) is 6.01 Å². The Morgan fingerprint density at radius 1 is 1.53 bits per heavy atom. The van der Waals surface area contributed by atoms with E-state index in [1.54, 1.807) is 0 Å². The third-order valence-electron chi connectivity index (χ3n) is 2.69. The molecule has 1 aliphatic heterocycles. The molecule has 11 nitrogen and oxygen atoms in total. The van der Waals surface area contributed by atoms with Gasteiger partial charge in [0.25, 0.3) is 0 Å². The van der Waals surface area contributed by atoms with Gasteiger partial charge in [-0.2, -0.15) is 0 Å². The van der Waals surface area contributed by atoms with Gasteiger partial charge in [0.15, 0.2) is 6.23 Å². The monoisotopic (exact) mass is 276 g/mol. The van der Waals surface area contributed by atoms with E-state index < -0.39 is 42.0 Å². The molecule has 1 saturated heterocycles. The molecule has 106 valence electrons. The smallest absolute Gasteiger partial charge is 0.454 e. The largest absolute Gasteiger partial charge is 0.494 e. The molecule has 19 heavy (non-hydrogen) atoms. The van der Waals surface area contributed by atoms with Crippen LogP contribution in [0.2, 0.25) is 0 Å². The van der Waals surface area contributed by atoms with Crippen molar-refractivity contribution in [3.63, 3.8) is 0 Å². The van der Waals surface area contributed by atoms with Crippen LogP contribution in [0.3, 0.4) is 0 Å². The standard InChI is InChI=1S/C8H12N4O7/c1-18-8-9-7(12(16)17)10-11(8)6-5(15)4(14)3(2-13)19-6/h3-6,13-15H,2H2,1H3/t3-,4-,5-,6-/m1/s1. The molecule has 2 rings (SSSR count). The Hall–Kier alpha value is -1.82. The van der Waals surface area contributed by atoms with Crippen molar-refractivity contribution in [2.75, 3.05) is 13.7 Å². The van der Waals surface area contributed by atoms with Crippen LogP contribution < -0.4 is 4.74 Å². The van der Waals surface area contributed by atoms with Crippen LogP contribution >= 0.6 is 0 Å². The first-order valence-corrected chi connectivity index (χ1v) is 5.27. The fourth-order valence-electron chi connectivity index (χ4n) is 1.76. The summed E-state index contributed by atoms with van der Waals surface area (Å²) in [5.74, 6) is -0.727. The molecule has 1 aromatic heterocycles. The van der Waals surface area contributed by atoms with E-state index >= 15 is 0 Å². The second-order valence-electron chi connectivity index (χ2n) is 3.83. The van der Waals surface area contributed by atoms with Crippen LogP contribution in [0, 0.1) is 10.1 Å². The average molecular weight is 276 g/mol. The van der Waals surface area contributed by atoms with Gasteiger partial charge in [-0.3, -0.25) is 0 Å². The van der Waals surface area contributed by atoms with E-state index in [2.05, 4.69) is 10.1 Å². The van der Waals surface area contributed by atoms with Crippen molar-refractivity contribution in [1.82, 2.24) is 14.8 Å². The Balaban J connectivity index is 2.34. The molecular weight excluding hydrogens is 264 g/mol. The number of hydrogen-bond donors (Lipinski definition) is 3. The average Bonchev–Trinajstić information content (AvgIpc) is 2.93. The molecule has 0 spiro atoms. The summed E-state index contributed by atoms with van der Waals surface area (Å²) >= 11 is 0. The zero-order valence-electron chi connectivity index (χ0n) is 9.78. The molecule has 1 fully saturated rings. The number of methoxy groups -OCH3 is 1.